The minimum atomic E-state index is -0.184. The molecule has 1 aromatic rings. The molecule has 0 spiro atoms. The van der Waals surface area contributed by atoms with Gasteiger partial charge in [-0.25, -0.2) is 0 Å². The summed E-state index contributed by atoms with van der Waals surface area (Å²) in [5, 5.41) is 2.86. The van der Waals surface area contributed by atoms with Gasteiger partial charge in [-0.15, -0.1) is 0 Å². The predicted octanol–water partition coefficient (Wildman–Crippen LogP) is 0.955. The summed E-state index contributed by atoms with van der Waals surface area (Å²) in [4.78, 5) is 12.0. The number of nitrogens with two attached hydrogens (primary N) is 1. The van der Waals surface area contributed by atoms with Crippen molar-refractivity contribution in [1.29, 1.82) is 0 Å². The Bertz CT molecular complexity index is 354. The molecule has 2 unspecified atom stereocenters. The molecule has 3 N–H and O–H groups in total. The molecule has 100 valence electrons. The number of rotatable bonds is 7. The van der Waals surface area contributed by atoms with Gasteiger partial charge in [-0.1, -0.05) is 30.3 Å². The van der Waals surface area contributed by atoms with Crippen LogP contribution in [0.4, 0.5) is 0 Å². The molecule has 0 aromatic heterocycles. The number of carbonyl (C=O) groups is 1. The van der Waals surface area contributed by atoms with E-state index in [2.05, 4.69) is 5.32 Å². The number of nitrogens with one attached hydrogen (secondary N) is 1. The van der Waals surface area contributed by atoms with Crippen LogP contribution in [0.1, 0.15) is 12.5 Å². The van der Waals surface area contributed by atoms with E-state index in [1.54, 1.807) is 7.11 Å². The second kappa shape index (κ2) is 7.84. The Morgan fingerprint density at radius 2 is 2.06 bits per heavy atom. The largest absolute Gasteiger partial charge is 0.380 e. The predicted molar refractivity (Wildman–Crippen MR) is 72.2 cm³/mol. The van der Waals surface area contributed by atoms with Crippen molar-refractivity contribution in [3.63, 3.8) is 0 Å². The number of ether oxygens (including phenoxy) is 1. The van der Waals surface area contributed by atoms with Crippen LogP contribution in [0.5, 0.6) is 0 Å². The molecule has 18 heavy (non-hydrogen) atoms. The van der Waals surface area contributed by atoms with Crippen LogP contribution in [0.3, 0.4) is 0 Å². The molecule has 0 saturated carbocycles. The Hall–Kier alpha value is -1.39. The molecule has 0 radical (unpaired) electrons. The quantitative estimate of drug-likeness (QED) is 0.757. The highest BCUT2D eigenvalue weighted by atomic mass is 16.5. The SMILES string of the molecule is COC(C)CNC(=O)C(CN)Cc1ccccc1. The zero-order chi connectivity index (χ0) is 13.4. The van der Waals surface area contributed by atoms with Crippen LogP contribution >= 0.6 is 0 Å². The van der Waals surface area contributed by atoms with Gasteiger partial charge < -0.3 is 15.8 Å². The summed E-state index contributed by atoms with van der Waals surface area (Å²) in [6.07, 6.45) is 0.689. The van der Waals surface area contributed by atoms with Gasteiger partial charge in [0.05, 0.1) is 12.0 Å². The van der Waals surface area contributed by atoms with Crippen LogP contribution in [-0.4, -0.2) is 32.2 Å². The summed E-state index contributed by atoms with van der Waals surface area (Å²) < 4.78 is 5.09. The number of carbonyl (C=O) groups excluding carboxylic acids is 1. The minimum Gasteiger partial charge on any atom is -0.380 e. The molecular formula is C14H22N2O2. The first-order chi connectivity index (χ1) is 8.67. The first kappa shape index (κ1) is 14.7. The van der Waals surface area contributed by atoms with Crippen LogP contribution in [0.15, 0.2) is 30.3 Å². The second-order valence-electron chi connectivity index (χ2n) is 4.41. The lowest BCUT2D eigenvalue weighted by atomic mass is 9.98. The van der Waals surface area contributed by atoms with E-state index >= 15 is 0 Å². The van der Waals surface area contributed by atoms with E-state index in [-0.39, 0.29) is 17.9 Å². The van der Waals surface area contributed by atoms with Gasteiger partial charge in [-0.3, -0.25) is 4.79 Å². The molecule has 0 aliphatic rings. The molecule has 1 amide bonds. The number of hydrogen-bond acceptors (Lipinski definition) is 3. The Balaban J connectivity index is 2.48. The van der Waals surface area contributed by atoms with E-state index in [1.807, 2.05) is 37.3 Å². The third kappa shape index (κ3) is 4.85. The van der Waals surface area contributed by atoms with Crippen LogP contribution < -0.4 is 11.1 Å². The standard InChI is InChI=1S/C14H22N2O2/c1-11(18-2)10-16-14(17)13(9-15)8-12-6-4-3-5-7-12/h3-7,11,13H,8-10,15H2,1-2H3,(H,16,17). The maximum absolute atomic E-state index is 12.0. The molecule has 0 fully saturated rings. The van der Waals surface area contributed by atoms with Crippen LogP contribution in [-0.2, 0) is 16.0 Å². The van der Waals surface area contributed by atoms with Crippen LogP contribution in [0.25, 0.3) is 0 Å². The fraction of sp³-hybridized carbons (Fsp3) is 0.500. The van der Waals surface area contributed by atoms with E-state index in [0.717, 1.165) is 5.56 Å². The lowest BCUT2D eigenvalue weighted by Crippen LogP contribution is -2.39. The highest BCUT2D eigenvalue weighted by Gasteiger charge is 2.17. The first-order valence-corrected chi connectivity index (χ1v) is 6.21. The monoisotopic (exact) mass is 250 g/mol. The number of hydrogen-bond donors (Lipinski definition) is 2. The normalized spacial score (nSPS) is 13.9. The zero-order valence-corrected chi connectivity index (χ0v) is 11.1. The molecule has 0 saturated heterocycles. The molecule has 4 nitrogen and oxygen atoms in total. The molecule has 4 heteroatoms. The molecule has 0 bridgehead atoms. The van der Waals surface area contributed by atoms with E-state index in [4.69, 9.17) is 10.5 Å². The van der Waals surface area contributed by atoms with Crippen molar-refractivity contribution >= 4 is 5.91 Å². The topological polar surface area (TPSA) is 64.3 Å². The van der Waals surface area contributed by atoms with Gasteiger partial charge in [-0.2, -0.15) is 0 Å². The molecule has 1 rings (SSSR count). The zero-order valence-electron chi connectivity index (χ0n) is 11.1. The summed E-state index contributed by atoms with van der Waals surface area (Å²) in [6, 6.07) is 9.91. The van der Waals surface area contributed by atoms with Crippen molar-refractivity contribution in [2.45, 2.75) is 19.4 Å². The smallest absolute Gasteiger partial charge is 0.224 e. The Morgan fingerprint density at radius 1 is 1.39 bits per heavy atom. The van der Waals surface area contributed by atoms with Crippen molar-refractivity contribution in [2.75, 3.05) is 20.2 Å². The summed E-state index contributed by atoms with van der Waals surface area (Å²) in [5.74, 6) is -0.193. The summed E-state index contributed by atoms with van der Waals surface area (Å²) in [7, 11) is 1.63. The van der Waals surface area contributed by atoms with Gasteiger partial charge in [0, 0.05) is 20.2 Å². The molecule has 1 aromatic carbocycles. The van der Waals surface area contributed by atoms with Gasteiger partial charge in [-0.05, 0) is 18.9 Å². The van der Waals surface area contributed by atoms with Gasteiger partial charge in [0.25, 0.3) is 0 Å². The van der Waals surface area contributed by atoms with Crippen molar-refractivity contribution in [3.8, 4) is 0 Å². The lowest BCUT2D eigenvalue weighted by Gasteiger charge is -2.17. The maximum Gasteiger partial charge on any atom is 0.224 e. The summed E-state index contributed by atoms with van der Waals surface area (Å²) >= 11 is 0. The fourth-order valence-corrected chi connectivity index (χ4v) is 1.65. The second-order valence-corrected chi connectivity index (χ2v) is 4.41. The van der Waals surface area contributed by atoms with E-state index in [0.29, 0.717) is 19.5 Å². The van der Waals surface area contributed by atoms with E-state index < -0.39 is 0 Å². The van der Waals surface area contributed by atoms with E-state index in [1.165, 1.54) is 0 Å². The molecule has 2 atom stereocenters. The van der Waals surface area contributed by atoms with Crippen LogP contribution in [0.2, 0.25) is 0 Å². The third-order valence-electron chi connectivity index (χ3n) is 2.95. The van der Waals surface area contributed by atoms with E-state index in [9.17, 15) is 4.79 Å². The maximum atomic E-state index is 12.0. The first-order valence-electron chi connectivity index (χ1n) is 6.21. The Kier molecular flexibility index (Phi) is 6.39. The molecular weight excluding hydrogens is 228 g/mol. The van der Waals surface area contributed by atoms with Crippen molar-refractivity contribution < 1.29 is 9.53 Å². The van der Waals surface area contributed by atoms with Crippen molar-refractivity contribution in [2.24, 2.45) is 11.7 Å². The molecule has 0 aliphatic carbocycles. The Labute approximate surface area is 109 Å². The van der Waals surface area contributed by atoms with Gasteiger partial charge in [0.1, 0.15) is 0 Å². The molecule has 0 heterocycles. The average molecular weight is 250 g/mol. The minimum absolute atomic E-state index is 0.00902. The number of benzene rings is 1. The highest BCUT2D eigenvalue weighted by Crippen LogP contribution is 2.08. The number of methoxy groups -OCH3 is 1. The third-order valence-corrected chi connectivity index (χ3v) is 2.95. The summed E-state index contributed by atoms with van der Waals surface area (Å²) in [5.41, 5.74) is 6.80. The van der Waals surface area contributed by atoms with Gasteiger partial charge >= 0.3 is 0 Å². The lowest BCUT2D eigenvalue weighted by molar-refractivity contribution is -0.125. The van der Waals surface area contributed by atoms with Crippen molar-refractivity contribution in [3.05, 3.63) is 35.9 Å². The van der Waals surface area contributed by atoms with Crippen molar-refractivity contribution in [1.82, 2.24) is 5.32 Å². The number of amides is 1. The van der Waals surface area contributed by atoms with Gasteiger partial charge in [0.15, 0.2) is 0 Å². The average Bonchev–Trinajstić information content (AvgIpc) is 2.42. The fourth-order valence-electron chi connectivity index (χ4n) is 1.65. The highest BCUT2D eigenvalue weighted by molar-refractivity contribution is 5.79. The molecule has 0 aliphatic heterocycles. The Morgan fingerprint density at radius 3 is 2.61 bits per heavy atom. The van der Waals surface area contributed by atoms with Gasteiger partial charge in [0.2, 0.25) is 5.91 Å². The summed E-state index contributed by atoms with van der Waals surface area (Å²) in [6.45, 7) is 2.78. The van der Waals surface area contributed by atoms with Crippen LogP contribution in [0, 0.1) is 5.92 Å².